The molecule has 0 aliphatic carbocycles. The highest BCUT2D eigenvalue weighted by Gasteiger charge is 2.31. The first kappa shape index (κ1) is 30.1. The van der Waals surface area contributed by atoms with Crippen molar-refractivity contribution in [2.24, 2.45) is 0 Å². The molecule has 1 fully saturated rings. The van der Waals surface area contributed by atoms with E-state index in [-0.39, 0.29) is 43.5 Å². The number of amides is 2. The zero-order valence-corrected chi connectivity index (χ0v) is 22.5. The Hall–Kier alpha value is -3.12. The van der Waals surface area contributed by atoms with Gasteiger partial charge in [0.05, 0.1) is 12.4 Å². The highest BCUT2D eigenvalue weighted by Crippen LogP contribution is 2.29. The predicted molar refractivity (Wildman–Crippen MR) is 139 cm³/mol. The maximum absolute atomic E-state index is 13.0. The molecule has 0 unspecified atom stereocenters. The van der Waals surface area contributed by atoms with E-state index >= 15 is 0 Å². The van der Waals surface area contributed by atoms with E-state index in [0.717, 1.165) is 6.21 Å². The van der Waals surface area contributed by atoms with Crippen molar-refractivity contribution < 1.29 is 27.5 Å². The van der Waals surface area contributed by atoms with Gasteiger partial charge in [-0.1, -0.05) is 41.9 Å². The number of halogens is 5. The summed E-state index contributed by atoms with van der Waals surface area (Å²) in [6, 6.07) is 5.54. The first-order valence-corrected chi connectivity index (χ1v) is 12.6. The van der Waals surface area contributed by atoms with Crippen molar-refractivity contribution in [2.45, 2.75) is 33.1 Å². The molecule has 1 saturated heterocycles. The van der Waals surface area contributed by atoms with Gasteiger partial charge in [-0.2, -0.15) is 5.10 Å². The van der Waals surface area contributed by atoms with E-state index in [9.17, 15) is 22.8 Å². The van der Waals surface area contributed by atoms with Gasteiger partial charge in [0, 0.05) is 41.6 Å². The molecule has 8 nitrogen and oxygen atoms in total. The average molecular weight is 605 g/mol. The summed E-state index contributed by atoms with van der Waals surface area (Å²) < 4.78 is 43.9. The molecule has 2 amide bonds. The Morgan fingerprint density at radius 2 is 2.03 bits per heavy atom. The second-order valence-corrected chi connectivity index (χ2v) is 8.57. The molecule has 0 saturated carbocycles. The summed E-state index contributed by atoms with van der Waals surface area (Å²) in [6.45, 7) is 4.26. The van der Waals surface area contributed by atoms with Gasteiger partial charge in [-0.3, -0.25) is 9.59 Å². The van der Waals surface area contributed by atoms with Crippen molar-refractivity contribution in [3.8, 4) is 5.75 Å². The Balaban J connectivity index is 0.00000235. The molecule has 0 atom stereocenters. The van der Waals surface area contributed by atoms with E-state index in [2.05, 4.69) is 31.1 Å². The van der Waals surface area contributed by atoms with Crippen LogP contribution >= 0.6 is 27.5 Å². The van der Waals surface area contributed by atoms with Crippen LogP contribution in [-0.4, -0.2) is 58.2 Å². The van der Waals surface area contributed by atoms with Crippen LogP contribution in [-0.2, 0) is 11.2 Å². The van der Waals surface area contributed by atoms with Crippen LogP contribution in [0.2, 0.25) is 0 Å². The molecule has 37 heavy (non-hydrogen) atoms. The van der Waals surface area contributed by atoms with Crippen LogP contribution in [0.25, 0.3) is 5.70 Å². The fourth-order valence-corrected chi connectivity index (χ4v) is 3.94. The molecule has 0 spiro atoms. The lowest BCUT2D eigenvalue weighted by Gasteiger charge is -2.26. The predicted octanol–water partition coefficient (Wildman–Crippen LogP) is 5.37. The minimum absolute atomic E-state index is 0.0371. The molecule has 2 heterocycles. The van der Waals surface area contributed by atoms with Crippen molar-refractivity contribution in [3.63, 3.8) is 0 Å². The van der Waals surface area contributed by atoms with E-state index in [0.29, 0.717) is 21.4 Å². The lowest BCUT2D eigenvalue weighted by atomic mass is 10.1. The van der Waals surface area contributed by atoms with E-state index in [1.807, 2.05) is 13.8 Å². The molecule has 3 rings (SSSR count). The van der Waals surface area contributed by atoms with Crippen molar-refractivity contribution >= 4 is 51.3 Å². The zero-order valence-electron chi connectivity index (χ0n) is 20.1. The Labute approximate surface area is 225 Å². The number of nitrogens with one attached hydrogen (secondary N) is 2. The van der Waals surface area contributed by atoms with Gasteiger partial charge in [0.15, 0.2) is 5.69 Å². The van der Waals surface area contributed by atoms with Crippen molar-refractivity contribution in [1.82, 2.24) is 20.0 Å². The molecule has 0 bridgehead atoms. The van der Waals surface area contributed by atoms with Crippen LogP contribution in [0.1, 0.15) is 42.0 Å². The van der Waals surface area contributed by atoms with Gasteiger partial charge in [0.25, 0.3) is 5.91 Å². The number of hydrogen-bond donors (Lipinski definition) is 2. The molecule has 13 heteroatoms. The fourth-order valence-electron chi connectivity index (χ4n) is 3.32. The third-order valence-electron chi connectivity index (χ3n) is 4.80. The van der Waals surface area contributed by atoms with Gasteiger partial charge in [-0.05, 0) is 35.9 Å². The molecular formula is C24H26BrClF3N5O3. The van der Waals surface area contributed by atoms with Gasteiger partial charge >= 0.3 is 6.36 Å². The highest BCUT2D eigenvalue weighted by molar-refractivity contribution is 9.10. The first-order valence-electron chi connectivity index (χ1n) is 11.2. The summed E-state index contributed by atoms with van der Waals surface area (Å²) >= 11 is 8.85. The summed E-state index contributed by atoms with van der Waals surface area (Å²) in [6.07, 6.45) is 1.25. The highest BCUT2D eigenvalue weighted by atomic mass is 79.9. The SMILES string of the molecule is CC.N=C/C(=C\C=CCCl)n1nc(C(=O)N2CCC(=O)NC2)cc1Cc1cc(Br)cc(OC(F)(F)F)c1. The number of carbonyl (C=O) groups is 2. The van der Waals surface area contributed by atoms with Crippen LogP contribution < -0.4 is 10.1 Å². The lowest BCUT2D eigenvalue weighted by Crippen LogP contribution is -2.47. The van der Waals surface area contributed by atoms with E-state index < -0.39 is 18.0 Å². The third kappa shape index (κ3) is 9.04. The lowest BCUT2D eigenvalue weighted by molar-refractivity contribution is -0.274. The van der Waals surface area contributed by atoms with Gasteiger partial charge in [-0.25, -0.2) is 4.68 Å². The van der Waals surface area contributed by atoms with Gasteiger partial charge in [0.2, 0.25) is 5.91 Å². The molecule has 1 aromatic carbocycles. The first-order chi connectivity index (χ1) is 17.6. The number of nitrogens with zero attached hydrogens (tertiary/aromatic N) is 3. The molecule has 1 aliphatic heterocycles. The van der Waals surface area contributed by atoms with E-state index in [4.69, 9.17) is 17.0 Å². The zero-order chi connectivity index (χ0) is 27.6. The van der Waals surface area contributed by atoms with Gasteiger partial charge in [0.1, 0.15) is 5.75 Å². The second kappa shape index (κ2) is 14.0. The van der Waals surface area contributed by atoms with Crippen LogP contribution in [0.15, 0.2) is 47.0 Å². The number of ether oxygens (including phenoxy) is 1. The summed E-state index contributed by atoms with van der Waals surface area (Å²) in [5, 5.41) is 14.7. The van der Waals surface area contributed by atoms with E-state index in [1.165, 1.54) is 27.8 Å². The number of allylic oxidation sites excluding steroid dienone is 4. The van der Waals surface area contributed by atoms with Gasteiger partial charge in [-0.15, -0.1) is 24.8 Å². The Morgan fingerprint density at radius 1 is 1.30 bits per heavy atom. The molecule has 200 valence electrons. The number of rotatable bonds is 8. The van der Waals surface area contributed by atoms with Crippen LogP contribution in [0, 0.1) is 5.41 Å². The summed E-state index contributed by atoms with van der Waals surface area (Å²) in [5.41, 5.74) is 1.25. The van der Waals surface area contributed by atoms with Crippen LogP contribution in [0.5, 0.6) is 5.75 Å². The summed E-state index contributed by atoms with van der Waals surface area (Å²) in [7, 11) is 0. The maximum atomic E-state index is 13.0. The maximum Gasteiger partial charge on any atom is 0.573 e. The topological polar surface area (TPSA) is 100 Å². The Bertz CT molecular complexity index is 1170. The standard InChI is InChI=1S/C22H20BrClF3N5O3.C2H6/c23-15-7-14(9-18(10-15)35-22(25,26)27)8-17-11-19(21(34)31-6-4-20(33)29-13-31)30-32(17)16(12-28)3-1-2-5-24;1-2/h1-3,7,9-12,28H,4-6,8,13H2,(H,29,33);1-2H3/b2-1?,16-3+,28-12?;. The van der Waals surface area contributed by atoms with Gasteiger partial charge < -0.3 is 20.4 Å². The number of hydrogen-bond acceptors (Lipinski definition) is 5. The minimum Gasteiger partial charge on any atom is -0.406 e. The normalized spacial score (nSPS) is 14.2. The number of carbonyl (C=O) groups excluding carboxylic acids is 2. The smallest absolute Gasteiger partial charge is 0.406 e. The van der Waals surface area contributed by atoms with E-state index in [1.54, 1.807) is 24.3 Å². The molecule has 0 radical (unpaired) electrons. The minimum atomic E-state index is -4.85. The number of aromatic nitrogens is 2. The monoisotopic (exact) mass is 603 g/mol. The Kier molecular flexibility index (Phi) is 11.4. The summed E-state index contributed by atoms with van der Waals surface area (Å²) in [4.78, 5) is 25.8. The number of benzene rings is 1. The second-order valence-electron chi connectivity index (χ2n) is 7.35. The molecule has 1 aliphatic rings. The van der Waals surface area contributed by atoms with Crippen molar-refractivity contribution in [2.75, 3.05) is 19.1 Å². The van der Waals surface area contributed by atoms with Crippen LogP contribution in [0.4, 0.5) is 13.2 Å². The quantitative estimate of drug-likeness (QED) is 0.241. The third-order valence-corrected chi connectivity index (χ3v) is 5.44. The molecule has 2 N–H and O–H groups in total. The largest absolute Gasteiger partial charge is 0.573 e. The fraction of sp³-hybridized carbons (Fsp3) is 0.333. The molecular weight excluding hydrogens is 579 g/mol. The Morgan fingerprint density at radius 3 is 2.62 bits per heavy atom. The summed E-state index contributed by atoms with van der Waals surface area (Å²) in [5.74, 6) is -0.743. The van der Waals surface area contributed by atoms with Crippen molar-refractivity contribution in [3.05, 3.63) is 63.9 Å². The molecule has 1 aromatic heterocycles. The van der Waals surface area contributed by atoms with Crippen molar-refractivity contribution in [1.29, 1.82) is 5.41 Å². The number of alkyl halides is 4. The molecule has 2 aromatic rings. The van der Waals surface area contributed by atoms with Crippen LogP contribution in [0.3, 0.4) is 0 Å². The average Bonchev–Trinajstić information content (AvgIpc) is 3.25.